The summed E-state index contributed by atoms with van der Waals surface area (Å²) >= 11 is 0. The van der Waals surface area contributed by atoms with Gasteiger partial charge < -0.3 is 30.1 Å². The quantitative estimate of drug-likeness (QED) is 0.574. The largest absolute Gasteiger partial charge is 0.481 e. The maximum Gasteiger partial charge on any atom is 0.307 e. The monoisotopic (exact) mass is 454 g/mol. The number of aliphatic carboxylic acids is 1. The van der Waals surface area contributed by atoms with E-state index in [0.29, 0.717) is 6.04 Å². The molecule has 33 heavy (non-hydrogen) atoms. The lowest BCUT2D eigenvalue weighted by molar-refractivity contribution is -0.136. The van der Waals surface area contributed by atoms with Crippen LogP contribution in [0.2, 0.25) is 0 Å². The molecule has 0 aliphatic carbocycles. The van der Waals surface area contributed by atoms with Crippen molar-refractivity contribution in [3.8, 4) is 11.1 Å². The summed E-state index contributed by atoms with van der Waals surface area (Å²) in [4.78, 5) is 38.3. The zero-order valence-corrected chi connectivity index (χ0v) is 18.7. The van der Waals surface area contributed by atoms with Crippen LogP contribution in [-0.4, -0.2) is 59.7 Å². The Morgan fingerprint density at radius 3 is 2.39 bits per heavy atom. The van der Waals surface area contributed by atoms with E-state index in [2.05, 4.69) is 28.2 Å². The van der Waals surface area contributed by atoms with Gasteiger partial charge in [-0.3, -0.25) is 4.79 Å². The van der Waals surface area contributed by atoms with Gasteiger partial charge in [-0.15, -0.1) is 0 Å². The molecule has 9 nitrogen and oxygen atoms in total. The van der Waals surface area contributed by atoms with Crippen molar-refractivity contribution in [3.05, 3.63) is 54.4 Å². The van der Waals surface area contributed by atoms with Gasteiger partial charge in [0.1, 0.15) is 19.9 Å². The second kappa shape index (κ2) is 14.3. The van der Waals surface area contributed by atoms with Gasteiger partial charge in [-0.05, 0) is 43.5 Å². The zero-order valence-electron chi connectivity index (χ0n) is 18.7. The average Bonchev–Trinajstić information content (AvgIpc) is 3.24. The topological polar surface area (TPSA) is 135 Å². The molecule has 0 unspecified atom stereocenters. The number of nitrogens with two attached hydrogens (primary N) is 1. The number of carbonyl (C=O) groups excluding carboxylic acids is 3. The highest BCUT2D eigenvalue weighted by atomic mass is 16.4. The van der Waals surface area contributed by atoms with Crippen LogP contribution in [0, 0.1) is 0 Å². The summed E-state index contributed by atoms with van der Waals surface area (Å²) in [5.74, 6) is -0.852. The highest BCUT2D eigenvalue weighted by Crippen LogP contribution is 2.33. The van der Waals surface area contributed by atoms with Crippen molar-refractivity contribution < 1.29 is 24.3 Å². The van der Waals surface area contributed by atoms with Crippen molar-refractivity contribution in [1.29, 1.82) is 0 Å². The SMILES string of the molecule is C=O.C=O.CC=O.NC1CCN(c2ccccc2-c2ccn3ncc(CC(=O)O)c3c2)CC1. The Kier molecular flexibility index (Phi) is 11.7. The number of hydrogen-bond donors (Lipinski definition) is 2. The van der Waals surface area contributed by atoms with E-state index in [1.807, 2.05) is 38.0 Å². The fraction of sp³-hybridized carbons (Fsp3) is 0.292. The van der Waals surface area contributed by atoms with Crippen LogP contribution in [-0.2, 0) is 25.6 Å². The van der Waals surface area contributed by atoms with Gasteiger partial charge in [-0.1, -0.05) is 18.2 Å². The van der Waals surface area contributed by atoms with Crippen molar-refractivity contribution >= 4 is 37.0 Å². The van der Waals surface area contributed by atoms with Gasteiger partial charge in [0, 0.05) is 42.1 Å². The zero-order chi connectivity index (χ0) is 24.8. The number of rotatable bonds is 4. The lowest BCUT2D eigenvalue weighted by Gasteiger charge is -2.33. The molecule has 1 saturated heterocycles. The van der Waals surface area contributed by atoms with E-state index >= 15 is 0 Å². The number of anilines is 1. The van der Waals surface area contributed by atoms with Crippen molar-refractivity contribution in [2.45, 2.75) is 32.2 Å². The van der Waals surface area contributed by atoms with E-state index in [4.69, 9.17) is 25.2 Å². The lowest BCUT2D eigenvalue weighted by Crippen LogP contribution is -2.39. The molecule has 3 N–H and O–H groups in total. The Morgan fingerprint density at radius 1 is 1.18 bits per heavy atom. The number of benzene rings is 1. The molecule has 1 aliphatic heterocycles. The molecule has 0 radical (unpaired) electrons. The fourth-order valence-corrected chi connectivity index (χ4v) is 3.63. The minimum absolute atomic E-state index is 0.0292. The molecule has 2 aromatic heterocycles. The maximum absolute atomic E-state index is 11.1. The molecule has 9 heteroatoms. The number of hydrogen-bond acceptors (Lipinski definition) is 7. The average molecular weight is 455 g/mol. The van der Waals surface area contributed by atoms with Crippen LogP contribution in [0.4, 0.5) is 5.69 Å². The highest BCUT2D eigenvalue weighted by molar-refractivity contribution is 5.82. The Morgan fingerprint density at radius 2 is 1.79 bits per heavy atom. The number of nitrogens with zero attached hydrogens (tertiary/aromatic N) is 3. The van der Waals surface area contributed by atoms with Crippen LogP contribution in [0.5, 0.6) is 0 Å². The number of aromatic nitrogens is 2. The van der Waals surface area contributed by atoms with Crippen LogP contribution in [0.3, 0.4) is 0 Å². The molecule has 176 valence electrons. The molecule has 1 fully saturated rings. The maximum atomic E-state index is 11.1. The molecular weight excluding hydrogens is 424 g/mol. The number of fused-ring (bicyclic) bond motifs is 1. The smallest absolute Gasteiger partial charge is 0.307 e. The Hall–Kier alpha value is -3.85. The fourth-order valence-electron chi connectivity index (χ4n) is 3.63. The third-order valence-corrected chi connectivity index (χ3v) is 5.04. The first kappa shape index (κ1) is 27.2. The third kappa shape index (κ3) is 7.36. The predicted octanol–water partition coefficient (Wildman–Crippen LogP) is 2.39. The molecule has 0 saturated carbocycles. The molecule has 0 amide bonds. The van der Waals surface area contributed by atoms with Gasteiger partial charge in [0.25, 0.3) is 0 Å². The summed E-state index contributed by atoms with van der Waals surface area (Å²) in [5.41, 5.74) is 11.0. The first-order valence-electron chi connectivity index (χ1n) is 10.3. The van der Waals surface area contributed by atoms with Crippen molar-refractivity contribution in [2.24, 2.45) is 5.73 Å². The summed E-state index contributed by atoms with van der Waals surface area (Å²) in [6.45, 7) is 7.36. The molecule has 1 aromatic carbocycles. The van der Waals surface area contributed by atoms with E-state index in [1.165, 1.54) is 12.6 Å². The molecule has 1 aliphatic rings. The summed E-state index contributed by atoms with van der Waals surface area (Å²) in [6.07, 6.45) is 6.24. The molecule has 0 spiro atoms. The number of piperidine rings is 1. The first-order valence-corrected chi connectivity index (χ1v) is 10.3. The second-order valence-electron chi connectivity index (χ2n) is 7.06. The first-order chi connectivity index (χ1) is 16.0. The van der Waals surface area contributed by atoms with Crippen molar-refractivity contribution in [3.63, 3.8) is 0 Å². The molecule has 3 heterocycles. The number of pyridine rings is 1. The minimum Gasteiger partial charge on any atom is -0.481 e. The van der Waals surface area contributed by atoms with Gasteiger partial charge in [0.15, 0.2) is 0 Å². The van der Waals surface area contributed by atoms with E-state index in [0.717, 1.165) is 54.4 Å². The molecule has 3 aromatic rings. The standard InChI is InChI=1S/C20H22N4O2.C2H4O.2CH2O/c21-16-6-8-23(9-7-16)18-4-2-1-3-17(18)14-5-10-24-19(11-14)15(13-22-24)12-20(25)26;1-2-3;2*1-2/h1-5,10-11,13,16H,6-9,12,21H2,(H,25,26);2H,1H3;2*1H2. The van der Waals surface area contributed by atoms with E-state index in [1.54, 1.807) is 10.7 Å². The number of carboxylic acids is 1. The summed E-state index contributed by atoms with van der Waals surface area (Å²) in [5, 5.41) is 13.4. The number of aldehydes is 1. The van der Waals surface area contributed by atoms with Crippen LogP contribution in [0.25, 0.3) is 16.6 Å². The minimum atomic E-state index is -0.852. The van der Waals surface area contributed by atoms with Crippen LogP contribution in [0.1, 0.15) is 25.3 Å². The Balaban J connectivity index is 0.000000705. The molecule has 4 rings (SSSR count). The number of para-hydroxylation sites is 1. The van der Waals surface area contributed by atoms with Gasteiger partial charge in [0.05, 0.1) is 18.1 Å². The predicted molar refractivity (Wildman–Crippen MR) is 127 cm³/mol. The van der Waals surface area contributed by atoms with Crippen LogP contribution >= 0.6 is 0 Å². The van der Waals surface area contributed by atoms with Crippen LogP contribution < -0.4 is 10.6 Å². The van der Waals surface area contributed by atoms with E-state index in [9.17, 15) is 4.79 Å². The number of carbonyl (C=O) groups is 4. The van der Waals surface area contributed by atoms with Crippen molar-refractivity contribution in [1.82, 2.24) is 9.61 Å². The molecule has 0 bridgehead atoms. The summed E-state index contributed by atoms with van der Waals surface area (Å²) in [6, 6.07) is 12.7. The van der Waals surface area contributed by atoms with Crippen LogP contribution in [0.15, 0.2) is 48.8 Å². The highest BCUT2D eigenvalue weighted by Gasteiger charge is 2.19. The number of carboxylic acid groups (broad SMARTS) is 1. The van der Waals surface area contributed by atoms with E-state index < -0.39 is 5.97 Å². The van der Waals surface area contributed by atoms with Gasteiger partial charge >= 0.3 is 5.97 Å². The Labute approximate surface area is 192 Å². The summed E-state index contributed by atoms with van der Waals surface area (Å²) in [7, 11) is 0. The van der Waals surface area contributed by atoms with E-state index in [-0.39, 0.29) is 6.42 Å². The molecular formula is C24H30N4O5. The molecule has 0 atom stereocenters. The third-order valence-electron chi connectivity index (χ3n) is 5.04. The second-order valence-corrected chi connectivity index (χ2v) is 7.06. The lowest BCUT2D eigenvalue weighted by atomic mass is 10.00. The summed E-state index contributed by atoms with van der Waals surface area (Å²) < 4.78 is 1.73. The van der Waals surface area contributed by atoms with Gasteiger partial charge in [0.2, 0.25) is 0 Å². The van der Waals surface area contributed by atoms with Gasteiger partial charge in [-0.2, -0.15) is 5.10 Å². The van der Waals surface area contributed by atoms with Crippen molar-refractivity contribution in [2.75, 3.05) is 18.0 Å². The normalized spacial score (nSPS) is 12.8. The Bertz CT molecular complexity index is 1030. The van der Waals surface area contributed by atoms with Gasteiger partial charge in [-0.25, -0.2) is 4.52 Å².